The lowest BCUT2D eigenvalue weighted by Gasteiger charge is -2.22. The molecule has 0 radical (unpaired) electrons. The number of halogens is 1. The number of nitrogens with one attached hydrogen (secondary N) is 1. The maximum Gasteiger partial charge on any atom is 0.325 e. The zero-order chi connectivity index (χ0) is 20.1. The van der Waals surface area contributed by atoms with Gasteiger partial charge in [0.25, 0.3) is 11.6 Å². The molecule has 1 N–H and O–H groups in total. The van der Waals surface area contributed by atoms with E-state index in [0.29, 0.717) is 15.5 Å². The predicted octanol–water partition coefficient (Wildman–Crippen LogP) is 4.43. The van der Waals surface area contributed by atoms with Crippen LogP contribution in [0.3, 0.4) is 0 Å². The maximum atomic E-state index is 13.1. The number of rotatable bonds is 4. The second kappa shape index (κ2) is 6.57. The molecule has 1 saturated heterocycles. The van der Waals surface area contributed by atoms with Crippen LogP contribution >= 0.6 is 22.9 Å². The molecule has 1 unspecified atom stereocenters. The van der Waals surface area contributed by atoms with Gasteiger partial charge in [-0.3, -0.25) is 19.8 Å². The number of hydrogen-bond acceptors (Lipinski definition) is 5. The molecule has 1 aromatic heterocycles. The minimum absolute atomic E-state index is 0.0351. The van der Waals surface area contributed by atoms with Crippen LogP contribution in [0.2, 0.25) is 5.02 Å². The number of carbonyl (C=O) groups excluding carboxylic acids is 2. The van der Waals surface area contributed by atoms with Gasteiger partial charge < -0.3 is 5.32 Å². The number of nitro benzene ring substituents is 1. The van der Waals surface area contributed by atoms with E-state index in [1.54, 1.807) is 13.0 Å². The summed E-state index contributed by atoms with van der Waals surface area (Å²) in [7, 11) is 0. The van der Waals surface area contributed by atoms with Crippen molar-refractivity contribution in [2.24, 2.45) is 0 Å². The van der Waals surface area contributed by atoms with Crippen LogP contribution in [0.15, 0.2) is 48.5 Å². The van der Waals surface area contributed by atoms with E-state index in [4.69, 9.17) is 11.6 Å². The van der Waals surface area contributed by atoms with Gasteiger partial charge in [0.05, 0.1) is 16.5 Å². The molecule has 7 nitrogen and oxygen atoms in total. The molecule has 3 aromatic rings. The van der Waals surface area contributed by atoms with E-state index in [1.165, 1.54) is 29.5 Å². The van der Waals surface area contributed by atoms with Crippen molar-refractivity contribution in [2.45, 2.75) is 19.0 Å². The van der Waals surface area contributed by atoms with E-state index in [1.807, 2.05) is 24.3 Å². The Labute approximate surface area is 168 Å². The number of hydrogen-bond donors (Lipinski definition) is 1. The number of amides is 3. The molecule has 2 aromatic carbocycles. The van der Waals surface area contributed by atoms with E-state index in [0.717, 1.165) is 15.0 Å². The molecule has 1 aliphatic heterocycles. The van der Waals surface area contributed by atoms with Gasteiger partial charge in [0.2, 0.25) is 0 Å². The minimum Gasteiger partial charge on any atom is -0.319 e. The smallest absolute Gasteiger partial charge is 0.319 e. The highest BCUT2D eigenvalue weighted by Gasteiger charge is 2.49. The zero-order valence-corrected chi connectivity index (χ0v) is 16.2. The summed E-state index contributed by atoms with van der Waals surface area (Å²) in [5.41, 5.74) is -1.18. The highest BCUT2D eigenvalue weighted by Crippen LogP contribution is 2.38. The van der Waals surface area contributed by atoms with Crippen LogP contribution < -0.4 is 5.32 Å². The fourth-order valence-electron chi connectivity index (χ4n) is 3.28. The Morgan fingerprint density at radius 1 is 1.21 bits per heavy atom. The Morgan fingerprint density at radius 3 is 2.68 bits per heavy atom. The number of nitrogens with zero attached hydrogens (tertiary/aromatic N) is 2. The second-order valence-electron chi connectivity index (χ2n) is 6.59. The number of carbonyl (C=O) groups is 2. The highest BCUT2D eigenvalue weighted by atomic mass is 35.5. The first kappa shape index (κ1) is 18.4. The van der Waals surface area contributed by atoms with Gasteiger partial charge in [0, 0.05) is 27.1 Å². The van der Waals surface area contributed by atoms with E-state index in [2.05, 4.69) is 5.32 Å². The number of fused-ring (bicyclic) bond motifs is 1. The third kappa shape index (κ3) is 2.81. The lowest BCUT2D eigenvalue weighted by atomic mass is 9.91. The van der Waals surface area contributed by atoms with Crippen molar-refractivity contribution in [1.29, 1.82) is 0 Å². The van der Waals surface area contributed by atoms with E-state index in [9.17, 15) is 19.7 Å². The van der Waals surface area contributed by atoms with Gasteiger partial charge in [-0.1, -0.05) is 41.9 Å². The number of urea groups is 1. The zero-order valence-electron chi connectivity index (χ0n) is 14.6. The van der Waals surface area contributed by atoms with E-state index in [-0.39, 0.29) is 12.2 Å². The van der Waals surface area contributed by atoms with Crippen LogP contribution in [0.4, 0.5) is 10.5 Å². The number of imide groups is 1. The van der Waals surface area contributed by atoms with Crippen molar-refractivity contribution in [3.05, 3.63) is 74.1 Å². The Balaban J connectivity index is 1.68. The molecular formula is C19H14ClN3O4S. The largest absolute Gasteiger partial charge is 0.325 e. The molecular weight excluding hydrogens is 402 g/mol. The Kier molecular flexibility index (Phi) is 4.32. The van der Waals surface area contributed by atoms with Gasteiger partial charge in [0.15, 0.2) is 0 Å². The topological polar surface area (TPSA) is 92.6 Å². The summed E-state index contributed by atoms with van der Waals surface area (Å²) in [6.45, 7) is 1.58. The third-order valence-electron chi connectivity index (χ3n) is 4.81. The summed E-state index contributed by atoms with van der Waals surface area (Å²) in [6.07, 6.45) is 0. The van der Waals surface area contributed by atoms with Crippen LogP contribution in [-0.4, -0.2) is 21.8 Å². The molecule has 28 heavy (non-hydrogen) atoms. The van der Waals surface area contributed by atoms with Crippen molar-refractivity contribution in [2.75, 3.05) is 0 Å². The predicted molar refractivity (Wildman–Crippen MR) is 106 cm³/mol. The summed E-state index contributed by atoms with van der Waals surface area (Å²) in [4.78, 5) is 37.9. The lowest BCUT2D eigenvalue weighted by Crippen LogP contribution is -2.40. The standard InChI is InChI=1S/C19H14ClN3O4S/c1-19(11-5-4-6-12(9-11)23(26)27)17(24)22(18(25)21-19)10-15-16(20)13-7-2-3-8-14(13)28-15/h2-9H,10H2,1H3,(H,21,25). The first-order valence-electron chi connectivity index (χ1n) is 8.36. The summed E-state index contributed by atoms with van der Waals surface area (Å²) < 4.78 is 0.969. The average molecular weight is 416 g/mol. The second-order valence-corrected chi connectivity index (χ2v) is 8.10. The summed E-state index contributed by atoms with van der Waals surface area (Å²) in [6, 6.07) is 12.7. The van der Waals surface area contributed by atoms with Crippen molar-refractivity contribution in [3.63, 3.8) is 0 Å². The van der Waals surface area contributed by atoms with Gasteiger partial charge in [-0.15, -0.1) is 11.3 Å². The molecule has 0 saturated carbocycles. The molecule has 0 spiro atoms. The number of non-ortho nitro benzene ring substituents is 1. The van der Waals surface area contributed by atoms with Gasteiger partial charge in [-0.05, 0) is 18.6 Å². The molecule has 3 amide bonds. The fraction of sp³-hybridized carbons (Fsp3) is 0.158. The molecule has 4 rings (SSSR count). The van der Waals surface area contributed by atoms with Crippen LogP contribution in [-0.2, 0) is 16.9 Å². The first-order valence-corrected chi connectivity index (χ1v) is 9.55. The lowest BCUT2D eigenvalue weighted by molar-refractivity contribution is -0.385. The SMILES string of the molecule is CC1(c2cccc([N+](=O)[O-])c2)NC(=O)N(Cc2sc3ccccc3c2Cl)C1=O. The van der Waals surface area contributed by atoms with Gasteiger partial charge >= 0.3 is 6.03 Å². The normalized spacial score (nSPS) is 19.3. The first-order chi connectivity index (χ1) is 13.3. The number of thiophene rings is 1. The molecule has 1 atom stereocenters. The van der Waals surface area contributed by atoms with Crippen molar-refractivity contribution >= 4 is 50.6 Å². The van der Waals surface area contributed by atoms with Crippen LogP contribution in [0, 0.1) is 10.1 Å². The molecule has 9 heteroatoms. The molecule has 2 heterocycles. The third-order valence-corrected chi connectivity index (χ3v) is 6.51. The summed E-state index contributed by atoms with van der Waals surface area (Å²) >= 11 is 7.86. The Bertz CT molecular complexity index is 1150. The van der Waals surface area contributed by atoms with Crippen molar-refractivity contribution in [3.8, 4) is 0 Å². The quantitative estimate of drug-likeness (QED) is 0.387. The van der Waals surface area contributed by atoms with Gasteiger partial charge in [-0.2, -0.15) is 0 Å². The minimum atomic E-state index is -1.38. The van der Waals surface area contributed by atoms with E-state index < -0.39 is 22.4 Å². The van der Waals surface area contributed by atoms with Gasteiger partial charge in [0.1, 0.15) is 5.54 Å². The highest BCUT2D eigenvalue weighted by molar-refractivity contribution is 7.19. The summed E-state index contributed by atoms with van der Waals surface area (Å²) in [5.74, 6) is -0.480. The maximum absolute atomic E-state index is 13.1. The monoisotopic (exact) mass is 415 g/mol. The van der Waals surface area contributed by atoms with Crippen molar-refractivity contribution in [1.82, 2.24) is 10.2 Å². The van der Waals surface area contributed by atoms with Crippen LogP contribution in [0.25, 0.3) is 10.1 Å². The number of nitro groups is 1. The van der Waals surface area contributed by atoms with E-state index >= 15 is 0 Å². The Morgan fingerprint density at radius 2 is 1.96 bits per heavy atom. The molecule has 1 fully saturated rings. The molecule has 0 aliphatic carbocycles. The van der Waals surface area contributed by atoms with Gasteiger partial charge in [-0.25, -0.2) is 4.79 Å². The fourth-order valence-corrected chi connectivity index (χ4v) is 4.76. The molecule has 142 valence electrons. The average Bonchev–Trinajstić information content (AvgIpc) is 3.11. The number of benzene rings is 2. The van der Waals surface area contributed by atoms with Crippen LogP contribution in [0.5, 0.6) is 0 Å². The molecule has 0 bridgehead atoms. The summed E-state index contributed by atoms with van der Waals surface area (Å²) in [5, 5.41) is 15.1. The Hall–Kier alpha value is -2.97. The van der Waals surface area contributed by atoms with Crippen molar-refractivity contribution < 1.29 is 14.5 Å². The molecule has 1 aliphatic rings. The van der Waals surface area contributed by atoms with Crippen LogP contribution in [0.1, 0.15) is 17.4 Å².